The molecule has 91 heavy (non-hydrogen) atoms. The summed E-state index contributed by atoms with van der Waals surface area (Å²) in [5.41, 5.74) is 33.8. The maximum Gasteiger partial charge on any atom is 0.492 e. The van der Waals surface area contributed by atoms with E-state index < -0.39 is 207 Å². The van der Waals surface area contributed by atoms with E-state index in [1.54, 1.807) is 0 Å². The molecule has 0 fully saturated rings. The third-order valence-corrected chi connectivity index (χ3v) is 3.83. The Labute approximate surface area is 502 Å². The predicted molar refractivity (Wildman–Crippen MR) is 275 cm³/mol. The van der Waals surface area contributed by atoms with E-state index in [1.165, 1.54) is 0 Å². The molecular weight excluding hydrogens is 1340 g/mol. The lowest BCUT2D eigenvalue weighted by Crippen LogP contribution is -2.31. The molecule has 0 aliphatic carbocycles. The summed E-state index contributed by atoms with van der Waals surface area (Å²) in [6.07, 6.45) is 0.532. The van der Waals surface area contributed by atoms with Crippen molar-refractivity contribution in [2.24, 2.45) is 45.9 Å². The Morgan fingerprint density at radius 1 is 0.407 bits per heavy atom. The molecule has 17 N–H and O–H groups in total. The second kappa shape index (κ2) is 131. The van der Waals surface area contributed by atoms with Gasteiger partial charge in [0.1, 0.15) is 114 Å². The second-order valence-corrected chi connectivity index (χ2v) is 10.4. The second-order valence-electron chi connectivity index (χ2n) is 10.4. The van der Waals surface area contributed by atoms with Gasteiger partial charge < -0.3 is 60.4 Å². The standard InChI is InChI=1S/C6H6FNO2.C5H4FNO2.C4H2O3.6C2H4F2.2C2H4FNO.2C2H6FN.C2H3FO2.2CH2FNO.2CH4FN.CHFO2/c7-3-4-8-5(9)1-2-6(8)10;6-3-7-4(8)1-2-5(7)9;5-3-1-2-4(6)7-3;6*3-1-2-4;2*3-1-2(4)5;2*3-1-2-4;3-1-5-2-4;2*2-1(3)4;2*2-1-3;2-1(3)4/h1-2H,3-4H2;1-2H,3H2;1-2H;6*1-2H2;2*1H2,(H2,4,5);2*1-2,4H2;2H,1H2;2*(H2,3,4);2*1,3H2;(H,3,4). The van der Waals surface area contributed by atoms with Gasteiger partial charge in [-0.2, -0.15) is 0 Å². The van der Waals surface area contributed by atoms with Gasteiger partial charge in [0.15, 0.2) is 20.1 Å². The molecule has 49 heteroatoms. The number of amides is 8. The molecule has 8 amide bonds. The Balaban J connectivity index is -0.0000000472. The Bertz CT molecular complexity index is 1520. The van der Waals surface area contributed by atoms with Crippen LogP contribution in [0.15, 0.2) is 36.5 Å². The summed E-state index contributed by atoms with van der Waals surface area (Å²) >= 11 is 0. The van der Waals surface area contributed by atoms with E-state index in [4.69, 9.17) is 24.3 Å². The van der Waals surface area contributed by atoms with Crippen LogP contribution in [0.25, 0.3) is 0 Å². The number of nitrogens with two attached hydrogens (primary N) is 8. The van der Waals surface area contributed by atoms with Crippen LogP contribution in [0.3, 0.4) is 0 Å². The molecule has 3 rings (SSSR count). The number of esters is 2. The molecule has 0 saturated carbocycles. The van der Waals surface area contributed by atoms with E-state index in [0.717, 1.165) is 41.4 Å². The van der Waals surface area contributed by atoms with Crippen molar-refractivity contribution in [2.45, 2.75) is 0 Å². The van der Waals surface area contributed by atoms with Gasteiger partial charge in [-0.1, -0.05) is 0 Å². The number of ether oxygens (including phenoxy) is 2. The number of halogens is 24. The van der Waals surface area contributed by atoms with Crippen LogP contribution in [-0.4, -0.2) is 248 Å². The minimum atomic E-state index is -2.33. The SMILES string of the molecule is FCCF.FCCF.FCCF.FCCF.FCCF.FCCF.NC(=O)CF.NC(=O)CF.NC(=O)F.NC(=O)F.NCCF.NCCF.NCF.NCF.O=C(O)F.O=C1C=CC(=O)N1CCF.O=C1C=CC(=O)N1CF.O=C1C=CC(=O)O1.O=COCF. The molecule has 0 saturated heterocycles. The van der Waals surface area contributed by atoms with Crippen LogP contribution in [-0.2, 0) is 52.6 Å². The number of rotatable bonds is 15. The highest BCUT2D eigenvalue weighted by Crippen LogP contribution is 2.02. The number of carbonyl (C=O) groups is 12. The smallest absolute Gasteiger partial charge is 0.456 e. The fourth-order valence-corrected chi connectivity index (χ4v) is 1.61. The van der Waals surface area contributed by atoms with Gasteiger partial charge in [0.2, 0.25) is 18.7 Å². The van der Waals surface area contributed by atoms with Crippen LogP contribution in [0.5, 0.6) is 0 Å². The van der Waals surface area contributed by atoms with Gasteiger partial charge in [0.05, 0.1) is 6.54 Å². The lowest BCUT2D eigenvalue weighted by Gasteiger charge is -2.09. The normalized spacial score (nSPS) is 10.0. The number of carboxylic acid groups (broad SMARTS) is 1. The van der Waals surface area contributed by atoms with Crippen molar-refractivity contribution in [2.75, 3.05) is 160 Å². The van der Waals surface area contributed by atoms with E-state index in [2.05, 4.69) is 55.3 Å². The number of primary amides is 4. The number of hydrogen-bond acceptors (Lipinski definition) is 18. The molecule has 548 valence electrons. The Kier molecular flexibility index (Phi) is 179. The molecule has 25 nitrogen and oxygen atoms in total. The van der Waals surface area contributed by atoms with E-state index in [9.17, 15) is 144 Å². The molecule has 3 aliphatic rings. The first-order valence-electron chi connectivity index (χ1n) is 22.1. The van der Waals surface area contributed by atoms with Gasteiger partial charge in [-0.15, -0.1) is 13.2 Å². The van der Waals surface area contributed by atoms with Crippen molar-refractivity contribution in [3.05, 3.63) is 36.5 Å². The maximum atomic E-state index is 11.6. The minimum Gasteiger partial charge on any atom is -0.456 e. The lowest BCUT2D eigenvalue weighted by atomic mass is 10.5. The van der Waals surface area contributed by atoms with Gasteiger partial charge in [-0.3, -0.25) is 38.5 Å². The zero-order valence-corrected chi connectivity index (χ0v) is 47.3. The number of alkyl halides is 21. The quantitative estimate of drug-likeness (QED) is 0.0211. The van der Waals surface area contributed by atoms with Crippen molar-refractivity contribution in [3.63, 3.8) is 0 Å². The summed E-state index contributed by atoms with van der Waals surface area (Å²) in [6, 6.07) is 0. The molecule has 3 aliphatic heterocycles. The Morgan fingerprint density at radius 3 is 0.648 bits per heavy atom. The summed E-state index contributed by atoms with van der Waals surface area (Å²) in [5.74, 6) is -5.00. The Hall–Kier alpha value is -8.38. The zero-order valence-electron chi connectivity index (χ0n) is 47.3. The number of cyclic esters (lactones) is 2. The number of hydrogen-bond donors (Lipinski definition) is 9. The molecule has 3 heterocycles. The fraction of sp³-hybridized carbons (Fsp3) is 0.571. The monoisotopic (exact) mass is 1410 g/mol. The van der Waals surface area contributed by atoms with Crippen LogP contribution in [0.2, 0.25) is 0 Å². The van der Waals surface area contributed by atoms with Gasteiger partial charge in [0, 0.05) is 49.5 Å². The summed E-state index contributed by atoms with van der Waals surface area (Å²) in [5, 5.41) is 6.75. The van der Waals surface area contributed by atoms with Gasteiger partial charge in [-0.25, -0.2) is 121 Å². The first kappa shape index (κ1) is 124. The molecular formula is C42H72F24N10O15. The fourth-order valence-electron chi connectivity index (χ4n) is 1.61. The predicted octanol–water partition coefficient (Wildman–Crippen LogP) is 4.14. The molecule has 0 aromatic rings. The van der Waals surface area contributed by atoms with Gasteiger partial charge in [-0.05, 0) is 0 Å². The first-order valence-corrected chi connectivity index (χ1v) is 22.1. The maximum absolute atomic E-state index is 11.6. The molecule has 0 aromatic heterocycles. The summed E-state index contributed by atoms with van der Waals surface area (Å²) in [6.45, 7) is -17.1. The summed E-state index contributed by atoms with van der Waals surface area (Å²) < 4.78 is 258. The van der Waals surface area contributed by atoms with E-state index in [-0.39, 0.29) is 26.1 Å². The molecule has 0 aromatic carbocycles. The molecule has 0 atom stereocenters. The zero-order chi connectivity index (χ0) is 75.8. The van der Waals surface area contributed by atoms with Crippen LogP contribution in [0.4, 0.5) is 120 Å². The number of imide groups is 2. The van der Waals surface area contributed by atoms with Crippen LogP contribution >= 0.6 is 0 Å². The van der Waals surface area contributed by atoms with E-state index in [0.29, 0.717) is 4.90 Å². The van der Waals surface area contributed by atoms with E-state index >= 15 is 0 Å². The van der Waals surface area contributed by atoms with Gasteiger partial charge >= 0.3 is 30.5 Å². The summed E-state index contributed by atoms with van der Waals surface area (Å²) in [7, 11) is 0. The summed E-state index contributed by atoms with van der Waals surface area (Å²) in [4.78, 5) is 116. The van der Waals surface area contributed by atoms with Crippen LogP contribution < -0.4 is 45.9 Å². The average molecular weight is 1410 g/mol. The molecule has 0 spiro atoms. The van der Waals surface area contributed by atoms with Crippen molar-refractivity contribution in [1.29, 1.82) is 0 Å². The average Bonchev–Trinajstić information content (AvgIpc) is 2.47. The largest absolute Gasteiger partial charge is 0.492 e. The Morgan fingerprint density at radius 2 is 0.582 bits per heavy atom. The highest BCUT2D eigenvalue weighted by atomic mass is 19.2. The van der Waals surface area contributed by atoms with Crippen molar-refractivity contribution >= 4 is 72.4 Å². The van der Waals surface area contributed by atoms with Crippen molar-refractivity contribution < 1.29 is 177 Å². The van der Waals surface area contributed by atoms with Crippen LogP contribution in [0.1, 0.15) is 0 Å². The van der Waals surface area contributed by atoms with Crippen molar-refractivity contribution in [3.8, 4) is 0 Å². The highest BCUT2D eigenvalue weighted by Gasteiger charge is 2.23. The lowest BCUT2D eigenvalue weighted by molar-refractivity contribution is -0.150. The molecule has 0 unspecified atom stereocenters. The third-order valence-electron chi connectivity index (χ3n) is 3.83. The highest BCUT2D eigenvalue weighted by molar-refractivity contribution is 6.13. The van der Waals surface area contributed by atoms with E-state index in [1.807, 2.05) is 0 Å². The topological polar surface area (TPSA) is 458 Å². The van der Waals surface area contributed by atoms with Crippen molar-refractivity contribution in [1.82, 2.24) is 9.80 Å². The minimum absolute atomic E-state index is 0.0556. The van der Waals surface area contributed by atoms with Gasteiger partial charge in [0.25, 0.3) is 30.1 Å². The number of nitrogens with zero attached hydrogens (tertiary/aromatic N) is 2. The molecule has 0 bridgehead atoms. The van der Waals surface area contributed by atoms with Crippen LogP contribution in [0, 0.1) is 0 Å². The first-order chi connectivity index (χ1) is 42.6. The number of carbonyl (C=O) groups excluding carboxylic acids is 11. The third kappa shape index (κ3) is 249. The molecule has 0 radical (unpaired) electrons.